The van der Waals surface area contributed by atoms with Gasteiger partial charge in [0, 0.05) is 12.2 Å². The normalized spacial score (nSPS) is 12.5. The van der Waals surface area contributed by atoms with E-state index in [0.717, 1.165) is 5.69 Å². The molecule has 0 fully saturated rings. The standard InChI is InChI=1S/C13H20N2OS/c1-10(2)15(13(16)11(3)17-4)9-12-7-5-6-8-14-12/h5-8,10-11H,9H2,1-4H3/t11-/m0/s1. The van der Waals surface area contributed by atoms with E-state index >= 15 is 0 Å². The molecule has 94 valence electrons. The topological polar surface area (TPSA) is 33.2 Å². The summed E-state index contributed by atoms with van der Waals surface area (Å²) in [5.74, 6) is 0.179. The van der Waals surface area contributed by atoms with Crippen LogP contribution >= 0.6 is 11.8 Å². The van der Waals surface area contributed by atoms with Gasteiger partial charge < -0.3 is 4.90 Å². The number of aromatic nitrogens is 1. The summed E-state index contributed by atoms with van der Waals surface area (Å²) < 4.78 is 0. The highest BCUT2D eigenvalue weighted by molar-refractivity contribution is 7.99. The SMILES string of the molecule is CS[C@@H](C)C(=O)N(Cc1ccccn1)C(C)C. The lowest BCUT2D eigenvalue weighted by atomic mass is 10.2. The Morgan fingerprint density at radius 1 is 1.41 bits per heavy atom. The second-order valence-electron chi connectivity index (χ2n) is 4.26. The van der Waals surface area contributed by atoms with Crippen LogP contribution in [0.15, 0.2) is 24.4 Å². The van der Waals surface area contributed by atoms with Gasteiger partial charge in [-0.25, -0.2) is 0 Å². The number of thioether (sulfide) groups is 1. The van der Waals surface area contributed by atoms with Crippen LogP contribution in [0.5, 0.6) is 0 Å². The highest BCUT2D eigenvalue weighted by Gasteiger charge is 2.22. The van der Waals surface area contributed by atoms with Gasteiger partial charge in [-0.2, -0.15) is 11.8 Å². The van der Waals surface area contributed by atoms with E-state index in [1.807, 2.05) is 50.1 Å². The third-order valence-electron chi connectivity index (χ3n) is 2.67. The van der Waals surface area contributed by atoms with Crippen LogP contribution in [0.3, 0.4) is 0 Å². The Morgan fingerprint density at radius 2 is 2.12 bits per heavy atom. The Balaban J connectivity index is 2.77. The molecule has 0 radical (unpaired) electrons. The average molecular weight is 252 g/mol. The molecule has 0 aliphatic heterocycles. The molecule has 0 aliphatic rings. The van der Waals surface area contributed by atoms with Crippen LogP contribution in [0.4, 0.5) is 0 Å². The number of amides is 1. The minimum Gasteiger partial charge on any atom is -0.333 e. The largest absolute Gasteiger partial charge is 0.333 e. The van der Waals surface area contributed by atoms with E-state index in [2.05, 4.69) is 4.98 Å². The molecule has 0 saturated carbocycles. The Morgan fingerprint density at radius 3 is 2.59 bits per heavy atom. The molecule has 4 heteroatoms. The van der Waals surface area contributed by atoms with Crippen molar-refractivity contribution in [1.82, 2.24) is 9.88 Å². The number of carbonyl (C=O) groups excluding carboxylic acids is 1. The van der Waals surface area contributed by atoms with Crippen LogP contribution in [0, 0.1) is 0 Å². The molecule has 1 rings (SSSR count). The molecule has 17 heavy (non-hydrogen) atoms. The van der Waals surface area contributed by atoms with Gasteiger partial charge in [-0.15, -0.1) is 0 Å². The van der Waals surface area contributed by atoms with Crippen LogP contribution in [-0.4, -0.2) is 33.3 Å². The molecule has 1 aromatic heterocycles. The van der Waals surface area contributed by atoms with E-state index < -0.39 is 0 Å². The fraction of sp³-hybridized carbons (Fsp3) is 0.538. The number of hydrogen-bond donors (Lipinski definition) is 0. The Labute approximate surface area is 108 Å². The molecule has 0 aromatic carbocycles. The molecule has 0 unspecified atom stereocenters. The summed E-state index contributed by atoms with van der Waals surface area (Å²) in [4.78, 5) is 18.3. The Bertz CT molecular complexity index is 354. The molecule has 0 aliphatic carbocycles. The molecule has 1 amide bonds. The van der Waals surface area contributed by atoms with Crippen molar-refractivity contribution in [1.29, 1.82) is 0 Å². The summed E-state index contributed by atoms with van der Waals surface area (Å²) in [6.07, 6.45) is 3.72. The molecule has 1 aromatic rings. The van der Waals surface area contributed by atoms with Gasteiger partial charge in [0.1, 0.15) is 0 Å². The van der Waals surface area contributed by atoms with E-state index in [1.54, 1.807) is 18.0 Å². The van der Waals surface area contributed by atoms with E-state index in [1.165, 1.54) is 0 Å². The summed E-state index contributed by atoms with van der Waals surface area (Å²) in [7, 11) is 0. The van der Waals surface area contributed by atoms with Crippen molar-refractivity contribution in [3.8, 4) is 0 Å². The summed E-state index contributed by atoms with van der Waals surface area (Å²) >= 11 is 1.58. The zero-order chi connectivity index (χ0) is 12.8. The van der Waals surface area contributed by atoms with E-state index in [9.17, 15) is 4.79 Å². The third-order valence-corrected chi connectivity index (χ3v) is 3.57. The zero-order valence-corrected chi connectivity index (χ0v) is 11.7. The summed E-state index contributed by atoms with van der Waals surface area (Å²) in [5, 5.41) is 0.00103. The van der Waals surface area contributed by atoms with Crippen LogP contribution < -0.4 is 0 Å². The molecule has 0 bridgehead atoms. The van der Waals surface area contributed by atoms with Gasteiger partial charge in [-0.05, 0) is 39.2 Å². The zero-order valence-electron chi connectivity index (χ0n) is 10.9. The lowest BCUT2D eigenvalue weighted by Crippen LogP contribution is -2.40. The molecule has 3 nitrogen and oxygen atoms in total. The quantitative estimate of drug-likeness (QED) is 0.807. The summed E-state index contributed by atoms with van der Waals surface area (Å²) in [6.45, 7) is 6.60. The van der Waals surface area contributed by atoms with Crippen LogP contribution in [0.2, 0.25) is 0 Å². The highest BCUT2D eigenvalue weighted by atomic mass is 32.2. The van der Waals surface area contributed by atoms with Gasteiger partial charge in [0.2, 0.25) is 5.91 Å². The molecule has 0 N–H and O–H groups in total. The molecule has 0 saturated heterocycles. The van der Waals surface area contributed by atoms with Crippen molar-refractivity contribution in [2.75, 3.05) is 6.26 Å². The molecule has 1 heterocycles. The first-order valence-corrected chi connectivity index (χ1v) is 7.08. The predicted molar refractivity (Wildman–Crippen MR) is 72.9 cm³/mol. The lowest BCUT2D eigenvalue weighted by Gasteiger charge is -2.28. The van der Waals surface area contributed by atoms with Gasteiger partial charge in [0.25, 0.3) is 0 Å². The van der Waals surface area contributed by atoms with E-state index in [-0.39, 0.29) is 17.2 Å². The molecular formula is C13H20N2OS. The van der Waals surface area contributed by atoms with Crippen molar-refractivity contribution in [2.24, 2.45) is 0 Å². The molecule has 0 spiro atoms. The van der Waals surface area contributed by atoms with Gasteiger partial charge in [-0.3, -0.25) is 9.78 Å². The van der Waals surface area contributed by atoms with E-state index in [4.69, 9.17) is 0 Å². The fourth-order valence-electron chi connectivity index (χ4n) is 1.52. The second-order valence-corrected chi connectivity index (χ2v) is 5.44. The molecular weight excluding hydrogens is 232 g/mol. The van der Waals surface area contributed by atoms with E-state index in [0.29, 0.717) is 6.54 Å². The number of rotatable bonds is 5. The van der Waals surface area contributed by atoms with Crippen LogP contribution in [-0.2, 0) is 11.3 Å². The lowest BCUT2D eigenvalue weighted by molar-refractivity contribution is -0.132. The highest BCUT2D eigenvalue weighted by Crippen LogP contribution is 2.14. The first-order chi connectivity index (χ1) is 8.06. The van der Waals surface area contributed by atoms with Gasteiger partial charge in [0.05, 0.1) is 17.5 Å². The maximum Gasteiger partial charge on any atom is 0.235 e. The monoisotopic (exact) mass is 252 g/mol. The number of carbonyl (C=O) groups is 1. The first-order valence-electron chi connectivity index (χ1n) is 5.79. The third kappa shape index (κ3) is 4.04. The van der Waals surface area contributed by atoms with Crippen molar-refractivity contribution >= 4 is 17.7 Å². The average Bonchev–Trinajstić information content (AvgIpc) is 2.35. The maximum atomic E-state index is 12.2. The number of nitrogens with zero attached hydrogens (tertiary/aromatic N) is 2. The molecule has 1 atom stereocenters. The van der Waals surface area contributed by atoms with Crippen LogP contribution in [0.25, 0.3) is 0 Å². The van der Waals surface area contributed by atoms with Crippen molar-refractivity contribution in [3.05, 3.63) is 30.1 Å². The minimum atomic E-state index is 0.00103. The van der Waals surface area contributed by atoms with Gasteiger partial charge in [0.15, 0.2) is 0 Å². The predicted octanol–water partition coefficient (Wildman–Crippen LogP) is 2.57. The Hall–Kier alpha value is -1.03. The van der Waals surface area contributed by atoms with Crippen molar-refractivity contribution in [2.45, 2.75) is 38.6 Å². The first kappa shape index (κ1) is 14.0. The smallest absolute Gasteiger partial charge is 0.235 e. The number of pyridine rings is 1. The summed E-state index contributed by atoms with van der Waals surface area (Å²) in [6, 6.07) is 5.98. The van der Waals surface area contributed by atoms with Crippen molar-refractivity contribution < 1.29 is 4.79 Å². The van der Waals surface area contributed by atoms with Crippen molar-refractivity contribution in [3.63, 3.8) is 0 Å². The summed E-state index contributed by atoms with van der Waals surface area (Å²) in [5.41, 5.74) is 0.933. The fourth-order valence-corrected chi connectivity index (χ4v) is 1.85. The maximum absolute atomic E-state index is 12.2. The van der Waals surface area contributed by atoms with Gasteiger partial charge >= 0.3 is 0 Å². The van der Waals surface area contributed by atoms with Gasteiger partial charge in [-0.1, -0.05) is 6.07 Å². The Kier molecular flexibility index (Phi) is 5.48. The van der Waals surface area contributed by atoms with Crippen LogP contribution in [0.1, 0.15) is 26.5 Å². The number of hydrogen-bond acceptors (Lipinski definition) is 3. The minimum absolute atomic E-state index is 0.00103. The second kappa shape index (κ2) is 6.64.